The van der Waals surface area contributed by atoms with Crippen molar-refractivity contribution in [3.8, 4) is 0 Å². The molecule has 0 aliphatic rings. The first-order chi connectivity index (χ1) is 8.69. The Kier molecular flexibility index (Phi) is 5.55. The molecule has 0 radical (unpaired) electrons. The topological polar surface area (TPSA) is 55.1 Å². The average Bonchev–Trinajstić information content (AvgIpc) is 2.39. The molecule has 4 heteroatoms. The van der Waals surface area contributed by atoms with Crippen LogP contribution in [-0.4, -0.2) is 5.91 Å². The van der Waals surface area contributed by atoms with Gasteiger partial charge in [-0.2, -0.15) is 0 Å². The van der Waals surface area contributed by atoms with Gasteiger partial charge >= 0.3 is 0 Å². The molecule has 0 heterocycles. The summed E-state index contributed by atoms with van der Waals surface area (Å²) in [6, 6.07) is 15.0. The van der Waals surface area contributed by atoms with Crippen LogP contribution >= 0.6 is 12.4 Å². The van der Waals surface area contributed by atoms with Crippen molar-refractivity contribution in [2.24, 2.45) is 5.73 Å². The number of hydrogen-bond acceptors (Lipinski definition) is 2. The van der Waals surface area contributed by atoms with Gasteiger partial charge < -0.3 is 11.1 Å². The Balaban J connectivity index is 0.00000180. The zero-order valence-electron chi connectivity index (χ0n) is 10.7. The lowest BCUT2D eigenvalue weighted by atomic mass is 10.1. The number of hydrogen-bond donors (Lipinski definition) is 2. The minimum atomic E-state index is -0.107. The summed E-state index contributed by atoms with van der Waals surface area (Å²) < 4.78 is 0. The fraction of sp³-hybridized carbons (Fsp3) is 0.133. The van der Waals surface area contributed by atoms with Crippen LogP contribution in [0.15, 0.2) is 48.5 Å². The Morgan fingerprint density at radius 3 is 2.42 bits per heavy atom. The molecule has 0 aliphatic heterocycles. The van der Waals surface area contributed by atoms with Crippen LogP contribution in [0.4, 0.5) is 5.69 Å². The Hall–Kier alpha value is -1.84. The van der Waals surface area contributed by atoms with Gasteiger partial charge in [0.05, 0.1) is 0 Å². The van der Waals surface area contributed by atoms with Gasteiger partial charge in [0.25, 0.3) is 5.91 Å². The minimum Gasteiger partial charge on any atom is -0.326 e. The largest absolute Gasteiger partial charge is 0.326 e. The first kappa shape index (κ1) is 15.2. The van der Waals surface area contributed by atoms with Crippen molar-refractivity contribution in [1.29, 1.82) is 0 Å². The van der Waals surface area contributed by atoms with Gasteiger partial charge in [-0.05, 0) is 42.3 Å². The minimum absolute atomic E-state index is 0. The third-order valence-corrected chi connectivity index (χ3v) is 2.73. The van der Waals surface area contributed by atoms with Gasteiger partial charge in [-0.15, -0.1) is 12.4 Å². The predicted molar refractivity (Wildman–Crippen MR) is 80.7 cm³/mol. The van der Waals surface area contributed by atoms with E-state index in [1.54, 1.807) is 12.1 Å². The van der Waals surface area contributed by atoms with Crippen LogP contribution < -0.4 is 11.1 Å². The van der Waals surface area contributed by atoms with Crippen molar-refractivity contribution < 1.29 is 4.79 Å². The van der Waals surface area contributed by atoms with Crippen LogP contribution in [0.3, 0.4) is 0 Å². The van der Waals surface area contributed by atoms with Gasteiger partial charge in [-0.25, -0.2) is 0 Å². The van der Waals surface area contributed by atoms with Crippen molar-refractivity contribution in [2.45, 2.75) is 13.5 Å². The summed E-state index contributed by atoms with van der Waals surface area (Å²) in [4.78, 5) is 12.0. The molecule has 0 atom stereocenters. The smallest absolute Gasteiger partial charge is 0.255 e. The second kappa shape index (κ2) is 6.92. The third kappa shape index (κ3) is 4.09. The second-order valence-corrected chi connectivity index (χ2v) is 4.22. The number of benzene rings is 2. The summed E-state index contributed by atoms with van der Waals surface area (Å²) >= 11 is 0. The number of carbonyl (C=O) groups is 1. The first-order valence-corrected chi connectivity index (χ1v) is 5.86. The number of halogens is 1. The summed E-state index contributed by atoms with van der Waals surface area (Å²) in [6.45, 7) is 2.48. The van der Waals surface area contributed by atoms with Crippen molar-refractivity contribution >= 4 is 24.0 Å². The van der Waals surface area contributed by atoms with Crippen LogP contribution in [0.2, 0.25) is 0 Å². The Morgan fingerprint density at radius 2 is 1.84 bits per heavy atom. The van der Waals surface area contributed by atoms with E-state index in [4.69, 9.17) is 5.73 Å². The number of rotatable bonds is 3. The standard InChI is InChI=1S/C15H16N2O.ClH/c1-11-3-2-4-14(9-11)17-15(18)13-7-5-12(10-16)6-8-13;/h2-9H,10,16H2,1H3,(H,17,18);1H. The number of aryl methyl sites for hydroxylation is 1. The molecule has 0 saturated carbocycles. The molecule has 0 fully saturated rings. The summed E-state index contributed by atoms with van der Waals surface area (Å²) in [5.41, 5.74) is 9.09. The zero-order chi connectivity index (χ0) is 13.0. The number of anilines is 1. The molecule has 0 bridgehead atoms. The summed E-state index contributed by atoms with van der Waals surface area (Å²) in [7, 11) is 0. The maximum Gasteiger partial charge on any atom is 0.255 e. The van der Waals surface area contributed by atoms with E-state index in [2.05, 4.69) is 5.32 Å². The van der Waals surface area contributed by atoms with Crippen LogP contribution in [-0.2, 0) is 6.54 Å². The van der Waals surface area contributed by atoms with Crippen LogP contribution in [0, 0.1) is 6.92 Å². The van der Waals surface area contributed by atoms with Gasteiger partial charge in [-0.3, -0.25) is 4.79 Å². The molecule has 19 heavy (non-hydrogen) atoms. The highest BCUT2D eigenvalue weighted by Crippen LogP contribution is 2.12. The molecule has 100 valence electrons. The van der Waals surface area contributed by atoms with Crippen LogP contribution in [0.1, 0.15) is 21.5 Å². The van der Waals surface area contributed by atoms with Crippen molar-refractivity contribution in [1.82, 2.24) is 0 Å². The Labute approximate surface area is 119 Å². The molecule has 3 N–H and O–H groups in total. The lowest BCUT2D eigenvalue weighted by molar-refractivity contribution is 0.102. The van der Waals surface area contributed by atoms with Gasteiger partial charge in [0, 0.05) is 17.8 Å². The van der Waals surface area contributed by atoms with Crippen LogP contribution in [0.5, 0.6) is 0 Å². The van der Waals surface area contributed by atoms with E-state index < -0.39 is 0 Å². The predicted octanol–water partition coefficient (Wildman–Crippen LogP) is 3.13. The zero-order valence-corrected chi connectivity index (χ0v) is 11.5. The van der Waals surface area contributed by atoms with Gasteiger partial charge in [-0.1, -0.05) is 24.3 Å². The molecule has 2 aromatic carbocycles. The van der Waals surface area contributed by atoms with E-state index in [9.17, 15) is 4.79 Å². The lowest BCUT2D eigenvalue weighted by Gasteiger charge is -2.06. The second-order valence-electron chi connectivity index (χ2n) is 4.22. The molecule has 2 rings (SSSR count). The molecule has 0 saturated heterocycles. The molecule has 2 aromatic rings. The maximum atomic E-state index is 12.0. The van der Waals surface area contributed by atoms with Crippen molar-refractivity contribution in [2.75, 3.05) is 5.32 Å². The highest BCUT2D eigenvalue weighted by atomic mass is 35.5. The molecule has 0 aromatic heterocycles. The average molecular weight is 277 g/mol. The summed E-state index contributed by atoms with van der Waals surface area (Å²) in [5, 5.41) is 2.87. The van der Waals surface area contributed by atoms with Crippen LogP contribution in [0.25, 0.3) is 0 Å². The fourth-order valence-corrected chi connectivity index (χ4v) is 1.72. The monoisotopic (exact) mass is 276 g/mol. The van der Waals surface area contributed by atoms with Crippen molar-refractivity contribution in [3.05, 3.63) is 65.2 Å². The van der Waals surface area contributed by atoms with E-state index in [1.807, 2.05) is 43.3 Å². The molecule has 3 nitrogen and oxygen atoms in total. The number of amides is 1. The van der Waals surface area contributed by atoms with E-state index in [0.717, 1.165) is 16.8 Å². The molecular formula is C15H17ClN2O. The number of carbonyl (C=O) groups excluding carboxylic acids is 1. The molecule has 0 unspecified atom stereocenters. The van der Waals surface area contributed by atoms with Gasteiger partial charge in [0.15, 0.2) is 0 Å². The quantitative estimate of drug-likeness (QED) is 0.905. The van der Waals surface area contributed by atoms with Gasteiger partial charge in [0.1, 0.15) is 0 Å². The lowest BCUT2D eigenvalue weighted by Crippen LogP contribution is -2.12. The molecule has 0 spiro atoms. The highest BCUT2D eigenvalue weighted by Gasteiger charge is 2.05. The van der Waals surface area contributed by atoms with Crippen molar-refractivity contribution in [3.63, 3.8) is 0 Å². The Morgan fingerprint density at radius 1 is 1.16 bits per heavy atom. The summed E-state index contributed by atoms with van der Waals surface area (Å²) in [6.07, 6.45) is 0. The molecule has 1 amide bonds. The fourth-order valence-electron chi connectivity index (χ4n) is 1.72. The van der Waals surface area contributed by atoms with E-state index >= 15 is 0 Å². The SMILES string of the molecule is Cc1cccc(NC(=O)c2ccc(CN)cc2)c1.Cl. The number of nitrogens with one attached hydrogen (secondary N) is 1. The van der Waals surface area contributed by atoms with E-state index in [0.29, 0.717) is 12.1 Å². The molecular weight excluding hydrogens is 260 g/mol. The maximum absolute atomic E-state index is 12.0. The highest BCUT2D eigenvalue weighted by molar-refractivity contribution is 6.04. The van der Waals surface area contributed by atoms with E-state index in [1.165, 1.54) is 0 Å². The Bertz CT molecular complexity index is 552. The molecule has 0 aliphatic carbocycles. The first-order valence-electron chi connectivity index (χ1n) is 5.86. The summed E-state index contributed by atoms with van der Waals surface area (Å²) in [5.74, 6) is -0.107. The third-order valence-electron chi connectivity index (χ3n) is 2.73. The normalized spacial score (nSPS) is 9.58. The van der Waals surface area contributed by atoms with E-state index in [-0.39, 0.29) is 18.3 Å². The number of nitrogens with two attached hydrogens (primary N) is 1. The van der Waals surface area contributed by atoms with Gasteiger partial charge in [0.2, 0.25) is 0 Å².